The van der Waals surface area contributed by atoms with Crippen LogP contribution >= 0.6 is 11.8 Å². The Kier molecular flexibility index (Phi) is 4.54. The molecule has 1 aromatic heterocycles. The zero-order valence-corrected chi connectivity index (χ0v) is 11.2. The fraction of sp³-hybridized carbons (Fsp3) is 0.583. The van der Waals surface area contributed by atoms with Gasteiger partial charge in [-0.25, -0.2) is 4.98 Å². The molecule has 1 N–H and O–H groups in total. The van der Waals surface area contributed by atoms with Crippen LogP contribution in [0.1, 0.15) is 18.5 Å². The fourth-order valence-corrected chi connectivity index (χ4v) is 2.76. The van der Waals surface area contributed by atoms with E-state index in [0.29, 0.717) is 13.1 Å². The Morgan fingerprint density at radius 2 is 2.33 bits per heavy atom. The van der Waals surface area contributed by atoms with Gasteiger partial charge in [-0.05, 0) is 25.6 Å². The Morgan fingerprint density at radius 3 is 3.06 bits per heavy atom. The number of thioether (sulfide) groups is 1. The van der Waals surface area contributed by atoms with E-state index in [0.717, 1.165) is 30.1 Å². The topological polar surface area (TPSA) is 66.3 Å². The lowest BCUT2D eigenvalue weighted by Crippen LogP contribution is -2.38. The molecule has 1 aliphatic rings. The number of piperidine rings is 1. The first kappa shape index (κ1) is 13.3. The molecular formula is C12H17N3O2S. The molecular weight excluding hydrogens is 250 g/mol. The third kappa shape index (κ3) is 3.20. The number of likely N-dealkylation sites (tertiary alicyclic amines) is 1. The van der Waals surface area contributed by atoms with Gasteiger partial charge in [0.25, 0.3) is 0 Å². The van der Waals surface area contributed by atoms with Crippen molar-refractivity contribution in [1.82, 2.24) is 14.9 Å². The van der Waals surface area contributed by atoms with Crippen LogP contribution in [0.4, 0.5) is 0 Å². The standard InChI is InChI=1S/C12H17N3O2S/c1-18-11-10(13-4-5-14-11)8-15-6-2-3-9(7-15)12(16)17/h4-5,9H,2-3,6-8H2,1H3,(H,16,17)/t9-/m0/s1. The van der Waals surface area contributed by atoms with Crippen LogP contribution in [0.2, 0.25) is 0 Å². The Morgan fingerprint density at radius 1 is 1.56 bits per heavy atom. The summed E-state index contributed by atoms with van der Waals surface area (Å²) in [6.45, 7) is 2.24. The van der Waals surface area contributed by atoms with Gasteiger partial charge in [0.1, 0.15) is 5.03 Å². The first-order valence-corrected chi connectivity index (χ1v) is 7.22. The van der Waals surface area contributed by atoms with Crippen molar-refractivity contribution in [3.63, 3.8) is 0 Å². The van der Waals surface area contributed by atoms with Crippen molar-refractivity contribution in [2.75, 3.05) is 19.3 Å². The number of hydrogen-bond acceptors (Lipinski definition) is 5. The van der Waals surface area contributed by atoms with Gasteiger partial charge in [0, 0.05) is 25.5 Å². The van der Waals surface area contributed by atoms with Gasteiger partial charge >= 0.3 is 5.97 Å². The summed E-state index contributed by atoms with van der Waals surface area (Å²) >= 11 is 1.57. The normalized spacial score (nSPS) is 20.8. The molecule has 1 atom stereocenters. The van der Waals surface area contributed by atoms with E-state index in [9.17, 15) is 4.79 Å². The monoisotopic (exact) mass is 267 g/mol. The van der Waals surface area contributed by atoms with Gasteiger partial charge in [-0.2, -0.15) is 0 Å². The van der Waals surface area contributed by atoms with E-state index < -0.39 is 5.97 Å². The minimum absolute atomic E-state index is 0.242. The minimum atomic E-state index is -0.691. The van der Waals surface area contributed by atoms with E-state index in [1.807, 2.05) is 6.26 Å². The van der Waals surface area contributed by atoms with Crippen LogP contribution in [-0.4, -0.2) is 45.3 Å². The number of carboxylic acid groups (broad SMARTS) is 1. The lowest BCUT2D eigenvalue weighted by molar-refractivity contribution is -0.143. The SMILES string of the molecule is CSc1nccnc1CN1CCC[C@H](C(=O)O)C1. The van der Waals surface area contributed by atoms with Crippen molar-refractivity contribution >= 4 is 17.7 Å². The molecule has 0 bridgehead atoms. The maximum Gasteiger partial charge on any atom is 0.307 e. The molecule has 1 saturated heterocycles. The van der Waals surface area contributed by atoms with Crippen molar-refractivity contribution in [3.8, 4) is 0 Å². The Hall–Kier alpha value is -1.14. The first-order valence-electron chi connectivity index (χ1n) is 5.99. The first-order chi connectivity index (χ1) is 8.70. The van der Waals surface area contributed by atoms with Crippen molar-refractivity contribution < 1.29 is 9.90 Å². The molecule has 2 heterocycles. The average Bonchev–Trinajstić information content (AvgIpc) is 2.39. The number of rotatable bonds is 4. The van der Waals surface area contributed by atoms with Crippen LogP contribution in [0.25, 0.3) is 0 Å². The van der Waals surface area contributed by atoms with Crippen LogP contribution in [0, 0.1) is 5.92 Å². The number of aliphatic carboxylic acids is 1. The summed E-state index contributed by atoms with van der Waals surface area (Å²) in [4.78, 5) is 21.8. The molecule has 0 saturated carbocycles. The number of hydrogen-bond donors (Lipinski definition) is 1. The van der Waals surface area contributed by atoms with E-state index in [2.05, 4.69) is 14.9 Å². The molecule has 1 fully saturated rings. The zero-order chi connectivity index (χ0) is 13.0. The van der Waals surface area contributed by atoms with Crippen molar-refractivity contribution in [3.05, 3.63) is 18.1 Å². The summed E-state index contributed by atoms with van der Waals surface area (Å²) in [6, 6.07) is 0. The third-order valence-corrected chi connectivity index (χ3v) is 3.88. The van der Waals surface area contributed by atoms with Crippen molar-refractivity contribution in [1.29, 1.82) is 0 Å². The van der Waals surface area contributed by atoms with Gasteiger partial charge in [-0.3, -0.25) is 14.7 Å². The molecule has 1 aromatic rings. The number of nitrogens with zero attached hydrogens (tertiary/aromatic N) is 3. The molecule has 0 radical (unpaired) electrons. The molecule has 2 rings (SSSR count). The highest BCUT2D eigenvalue weighted by Gasteiger charge is 2.25. The van der Waals surface area contributed by atoms with E-state index in [1.54, 1.807) is 24.2 Å². The molecule has 18 heavy (non-hydrogen) atoms. The quantitative estimate of drug-likeness (QED) is 0.834. The van der Waals surface area contributed by atoms with Gasteiger partial charge < -0.3 is 5.11 Å². The molecule has 98 valence electrons. The summed E-state index contributed by atoms with van der Waals surface area (Å²) in [5.41, 5.74) is 0.941. The smallest absolute Gasteiger partial charge is 0.307 e. The van der Waals surface area contributed by atoms with Gasteiger partial charge in [-0.1, -0.05) is 0 Å². The highest BCUT2D eigenvalue weighted by molar-refractivity contribution is 7.98. The highest BCUT2D eigenvalue weighted by atomic mass is 32.2. The van der Waals surface area contributed by atoms with Gasteiger partial charge in [0.15, 0.2) is 0 Å². The molecule has 0 unspecified atom stereocenters. The minimum Gasteiger partial charge on any atom is -0.481 e. The predicted molar refractivity (Wildman–Crippen MR) is 69.4 cm³/mol. The van der Waals surface area contributed by atoms with Gasteiger partial charge in [-0.15, -0.1) is 11.8 Å². The summed E-state index contributed by atoms with van der Waals surface area (Å²) in [5.74, 6) is -0.933. The second kappa shape index (κ2) is 6.15. The molecule has 6 heteroatoms. The highest BCUT2D eigenvalue weighted by Crippen LogP contribution is 2.21. The molecule has 5 nitrogen and oxygen atoms in total. The number of aromatic nitrogens is 2. The average molecular weight is 267 g/mol. The van der Waals surface area contributed by atoms with E-state index >= 15 is 0 Å². The summed E-state index contributed by atoms with van der Waals surface area (Å²) in [6.07, 6.45) is 7.07. The Balaban J connectivity index is 2.02. The largest absolute Gasteiger partial charge is 0.481 e. The molecule has 0 spiro atoms. The third-order valence-electron chi connectivity index (χ3n) is 3.16. The summed E-state index contributed by atoms with van der Waals surface area (Å²) < 4.78 is 0. The maximum absolute atomic E-state index is 11.0. The Labute approximate surface area is 111 Å². The number of carboxylic acids is 1. The van der Waals surface area contributed by atoms with Crippen LogP contribution in [0.3, 0.4) is 0 Å². The van der Waals surface area contributed by atoms with Crippen molar-refractivity contribution in [2.24, 2.45) is 5.92 Å². The van der Waals surface area contributed by atoms with Crippen LogP contribution in [0.15, 0.2) is 17.4 Å². The summed E-state index contributed by atoms with van der Waals surface area (Å²) in [5, 5.41) is 9.99. The number of carbonyl (C=O) groups is 1. The fourth-order valence-electron chi connectivity index (χ4n) is 2.25. The summed E-state index contributed by atoms with van der Waals surface area (Å²) in [7, 11) is 0. The lowest BCUT2D eigenvalue weighted by atomic mass is 9.98. The zero-order valence-electron chi connectivity index (χ0n) is 10.4. The Bertz CT molecular complexity index is 428. The van der Waals surface area contributed by atoms with E-state index in [1.165, 1.54) is 0 Å². The van der Waals surface area contributed by atoms with Crippen molar-refractivity contribution in [2.45, 2.75) is 24.4 Å². The lowest BCUT2D eigenvalue weighted by Gasteiger charge is -2.30. The molecule has 0 aromatic carbocycles. The predicted octanol–water partition coefficient (Wildman–Crippen LogP) is 1.50. The van der Waals surface area contributed by atoms with Crippen LogP contribution in [0.5, 0.6) is 0 Å². The molecule has 0 amide bonds. The second-order valence-electron chi connectivity index (χ2n) is 4.42. The van der Waals surface area contributed by atoms with Gasteiger partial charge in [0.05, 0.1) is 11.6 Å². The van der Waals surface area contributed by atoms with Crippen LogP contribution < -0.4 is 0 Å². The van der Waals surface area contributed by atoms with E-state index in [4.69, 9.17) is 5.11 Å². The van der Waals surface area contributed by atoms with Gasteiger partial charge in [0.2, 0.25) is 0 Å². The van der Waals surface area contributed by atoms with E-state index in [-0.39, 0.29) is 5.92 Å². The van der Waals surface area contributed by atoms with Crippen LogP contribution in [-0.2, 0) is 11.3 Å². The second-order valence-corrected chi connectivity index (χ2v) is 5.22. The molecule has 1 aliphatic heterocycles. The maximum atomic E-state index is 11.0. The molecule has 0 aliphatic carbocycles.